The quantitative estimate of drug-likeness (QED) is 0.656. The van der Waals surface area contributed by atoms with Gasteiger partial charge in [0.15, 0.2) is 0 Å². The molecule has 1 unspecified atom stereocenters. The van der Waals surface area contributed by atoms with E-state index in [1.807, 2.05) is 0 Å². The van der Waals surface area contributed by atoms with E-state index < -0.39 is 0 Å². The maximum atomic E-state index is 9.05. The highest BCUT2D eigenvalue weighted by molar-refractivity contribution is 4.92. The van der Waals surface area contributed by atoms with Gasteiger partial charge in [0.25, 0.3) is 0 Å². The molecule has 0 fully saturated rings. The van der Waals surface area contributed by atoms with Crippen molar-refractivity contribution in [3.05, 3.63) is 12.2 Å². The predicted molar refractivity (Wildman–Crippen MR) is 53.4 cm³/mol. The SMILES string of the molecule is OCC(CO)C1/C=C\CCCCC1. The Morgan fingerprint density at radius 2 is 1.92 bits per heavy atom. The van der Waals surface area contributed by atoms with Crippen LogP contribution in [0.25, 0.3) is 0 Å². The molecule has 0 amide bonds. The van der Waals surface area contributed by atoms with Gasteiger partial charge in [-0.25, -0.2) is 0 Å². The largest absolute Gasteiger partial charge is 0.396 e. The van der Waals surface area contributed by atoms with Crippen LogP contribution in [0, 0.1) is 11.8 Å². The minimum absolute atomic E-state index is 0.0503. The Bertz CT molecular complexity index is 150. The van der Waals surface area contributed by atoms with Gasteiger partial charge in [-0.2, -0.15) is 0 Å². The number of hydrogen-bond acceptors (Lipinski definition) is 2. The normalized spacial score (nSPS) is 26.8. The molecule has 0 saturated carbocycles. The standard InChI is InChI=1S/C11H20O2/c12-8-11(9-13)10-6-4-2-1-3-5-7-10/h4,6,10-13H,1-3,5,7-9H2/b6-4-. The topological polar surface area (TPSA) is 40.5 Å². The van der Waals surface area contributed by atoms with Gasteiger partial charge in [-0.05, 0) is 25.2 Å². The summed E-state index contributed by atoms with van der Waals surface area (Å²) in [5, 5.41) is 18.1. The van der Waals surface area contributed by atoms with Crippen LogP contribution in [0.5, 0.6) is 0 Å². The zero-order valence-corrected chi connectivity index (χ0v) is 8.15. The van der Waals surface area contributed by atoms with Crippen molar-refractivity contribution in [3.8, 4) is 0 Å². The Labute approximate surface area is 80.3 Å². The van der Waals surface area contributed by atoms with E-state index >= 15 is 0 Å². The molecule has 0 aromatic rings. The highest BCUT2D eigenvalue weighted by Crippen LogP contribution is 2.23. The number of allylic oxidation sites excluding steroid dienone is 2. The van der Waals surface area contributed by atoms with Gasteiger partial charge < -0.3 is 10.2 Å². The summed E-state index contributed by atoms with van der Waals surface area (Å²) >= 11 is 0. The highest BCUT2D eigenvalue weighted by Gasteiger charge is 2.17. The fourth-order valence-corrected chi connectivity index (χ4v) is 1.91. The Morgan fingerprint density at radius 3 is 2.62 bits per heavy atom. The predicted octanol–water partition coefficient (Wildman–Crippen LogP) is 1.72. The van der Waals surface area contributed by atoms with E-state index in [9.17, 15) is 0 Å². The van der Waals surface area contributed by atoms with Crippen LogP contribution in [0.15, 0.2) is 12.2 Å². The van der Waals surface area contributed by atoms with Crippen LogP contribution >= 0.6 is 0 Å². The summed E-state index contributed by atoms with van der Waals surface area (Å²) in [5.74, 6) is 0.435. The monoisotopic (exact) mass is 184 g/mol. The molecule has 0 spiro atoms. The third-order valence-corrected chi connectivity index (χ3v) is 2.87. The van der Waals surface area contributed by atoms with E-state index in [1.165, 1.54) is 19.3 Å². The molecule has 1 rings (SSSR count). The molecule has 1 aliphatic carbocycles. The van der Waals surface area contributed by atoms with Gasteiger partial charge in [0.1, 0.15) is 0 Å². The molecule has 0 aromatic carbocycles. The first kappa shape index (κ1) is 10.7. The summed E-state index contributed by atoms with van der Waals surface area (Å²) in [5.41, 5.74) is 0. The van der Waals surface area contributed by atoms with E-state index in [4.69, 9.17) is 10.2 Å². The number of aliphatic hydroxyl groups excluding tert-OH is 2. The Morgan fingerprint density at radius 1 is 1.15 bits per heavy atom. The maximum absolute atomic E-state index is 9.05. The molecule has 0 aliphatic heterocycles. The van der Waals surface area contributed by atoms with Crippen LogP contribution in [-0.4, -0.2) is 23.4 Å². The van der Waals surface area contributed by atoms with Gasteiger partial charge in [-0.1, -0.05) is 25.0 Å². The summed E-state index contributed by atoms with van der Waals surface area (Å²) in [6.07, 6.45) is 10.4. The van der Waals surface area contributed by atoms with Crippen LogP contribution < -0.4 is 0 Å². The van der Waals surface area contributed by atoms with Crippen molar-refractivity contribution in [2.75, 3.05) is 13.2 Å². The molecular weight excluding hydrogens is 164 g/mol. The average Bonchev–Trinajstić information content (AvgIpc) is 2.09. The van der Waals surface area contributed by atoms with E-state index in [0.717, 1.165) is 12.8 Å². The fourth-order valence-electron chi connectivity index (χ4n) is 1.91. The number of hydrogen-bond donors (Lipinski definition) is 2. The van der Waals surface area contributed by atoms with Gasteiger partial charge in [0.2, 0.25) is 0 Å². The molecule has 1 aliphatic rings. The zero-order chi connectivity index (χ0) is 9.52. The minimum Gasteiger partial charge on any atom is -0.396 e. The Kier molecular flexibility index (Phi) is 5.09. The third kappa shape index (κ3) is 3.49. The van der Waals surface area contributed by atoms with Crippen molar-refractivity contribution in [1.82, 2.24) is 0 Å². The molecule has 1 atom stereocenters. The van der Waals surface area contributed by atoms with Crippen molar-refractivity contribution in [2.45, 2.75) is 32.1 Å². The van der Waals surface area contributed by atoms with Crippen LogP contribution in [-0.2, 0) is 0 Å². The molecule has 76 valence electrons. The molecule has 0 bridgehead atoms. The van der Waals surface area contributed by atoms with E-state index in [2.05, 4.69) is 12.2 Å². The molecule has 13 heavy (non-hydrogen) atoms. The second-order valence-corrected chi connectivity index (χ2v) is 3.86. The molecule has 0 saturated heterocycles. The molecular formula is C11H20O2. The second-order valence-electron chi connectivity index (χ2n) is 3.86. The van der Waals surface area contributed by atoms with E-state index in [-0.39, 0.29) is 19.1 Å². The summed E-state index contributed by atoms with van der Waals surface area (Å²) in [6, 6.07) is 0. The smallest absolute Gasteiger partial charge is 0.0486 e. The lowest BCUT2D eigenvalue weighted by Crippen LogP contribution is -2.21. The Balaban J connectivity index is 2.48. The Hall–Kier alpha value is -0.340. The number of aliphatic hydroxyl groups is 2. The second kappa shape index (κ2) is 6.17. The minimum atomic E-state index is 0.0503. The molecule has 2 nitrogen and oxygen atoms in total. The summed E-state index contributed by atoms with van der Waals surface area (Å²) in [7, 11) is 0. The average molecular weight is 184 g/mol. The van der Waals surface area contributed by atoms with Crippen LogP contribution in [0.1, 0.15) is 32.1 Å². The van der Waals surface area contributed by atoms with Crippen molar-refractivity contribution in [2.24, 2.45) is 11.8 Å². The van der Waals surface area contributed by atoms with Crippen molar-refractivity contribution in [1.29, 1.82) is 0 Å². The fraction of sp³-hybridized carbons (Fsp3) is 0.818. The lowest BCUT2D eigenvalue weighted by atomic mass is 9.86. The van der Waals surface area contributed by atoms with Crippen LogP contribution in [0.4, 0.5) is 0 Å². The first-order chi connectivity index (χ1) is 6.38. The van der Waals surface area contributed by atoms with Gasteiger partial charge in [0.05, 0.1) is 0 Å². The first-order valence-corrected chi connectivity index (χ1v) is 5.27. The molecule has 0 radical (unpaired) electrons. The lowest BCUT2D eigenvalue weighted by molar-refractivity contribution is 0.117. The summed E-state index contributed by atoms with van der Waals surface area (Å²) < 4.78 is 0. The van der Waals surface area contributed by atoms with Gasteiger partial charge >= 0.3 is 0 Å². The maximum Gasteiger partial charge on any atom is 0.0486 e. The van der Waals surface area contributed by atoms with E-state index in [0.29, 0.717) is 5.92 Å². The molecule has 2 N–H and O–H groups in total. The van der Waals surface area contributed by atoms with Gasteiger partial charge in [0, 0.05) is 19.1 Å². The number of rotatable bonds is 3. The lowest BCUT2D eigenvalue weighted by Gasteiger charge is -2.22. The molecule has 2 heteroatoms. The molecule has 0 aromatic heterocycles. The third-order valence-electron chi connectivity index (χ3n) is 2.87. The van der Waals surface area contributed by atoms with E-state index in [1.54, 1.807) is 0 Å². The summed E-state index contributed by atoms with van der Waals surface area (Å²) in [6.45, 7) is 0.205. The van der Waals surface area contributed by atoms with Crippen molar-refractivity contribution >= 4 is 0 Å². The van der Waals surface area contributed by atoms with Gasteiger partial charge in [-0.3, -0.25) is 0 Å². The van der Waals surface area contributed by atoms with Gasteiger partial charge in [-0.15, -0.1) is 0 Å². The van der Waals surface area contributed by atoms with Crippen LogP contribution in [0.2, 0.25) is 0 Å². The highest BCUT2D eigenvalue weighted by atomic mass is 16.3. The van der Waals surface area contributed by atoms with Crippen molar-refractivity contribution in [3.63, 3.8) is 0 Å². The first-order valence-electron chi connectivity index (χ1n) is 5.27. The van der Waals surface area contributed by atoms with Crippen molar-refractivity contribution < 1.29 is 10.2 Å². The molecule has 0 heterocycles. The zero-order valence-electron chi connectivity index (χ0n) is 8.15. The summed E-state index contributed by atoms with van der Waals surface area (Å²) in [4.78, 5) is 0. The van der Waals surface area contributed by atoms with Crippen LogP contribution in [0.3, 0.4) is 0 Å².